The van der Waals surface area contributed by atoms with Crippen LogP contribution in [0.1, 0.15) is 12.8 Å². The summed E-state index contributed by atoms with van der Waals surface area (Å²) >= 11 is 0. The Morgan fingerprint density at radius 1 is 1.19 bits per heavy atom. The third-order valence-corrected chi connectivity index (χ3v) is 6.22. The predicted molar refractivity (Wildman–Crippen MR) is 80.5 cm³/mol. The Labute approximate surface area is 124 Å². The predicted octanol–water partition coefficient (Wildman–Crippen LogP) is 1.23. The summed E-state index contributed by atoms with van der Waals surface area (Å²) in [7, 11) is -3.19. The van der Waals surface area contributed by atoms with Gasteiger partial charge >= 0.3 is 6.03 Å². The molecule has 0 bridgehead atoms. The van der Waals surface area contributed by atoms with Gasteiger partial charge in [-0.3, -0.25) is 0 Å². The Bertz CT molecular complexity index is 618. The molecule has 1 aromatic carbocycles. The summed E-state index contributed by atoms with van der Waals surface area (Å²) in [5.41, 5.74) is 0.751. The maximum absolute atomic E-state index is 12.3. The fraction of sp³-hybridized carbons (Fsp3) is 0.500. The van der Waals surface area contributed by atoms with Crippen LogP contribution in [0.5, 0.6) is 0 Å². The molecule has 2 saturated heterocycles. The van der Waals surface area contributed by atoms with Crippen LogP contribution in [-0.4, -0.2) is 44.2 Å². The van der Waals surface area contributed by atoms with E-state index < -0.39 is 10.0 Å². The molecular weight excluding hydrogens is 290 g/mol. The first kappa shape index (κ1) is 14.3. The smallest absolute Gasteiger partial charge is 0.321 e. The second kappa shape index (κ2) is 5.65. The van der Waals surface area contributed by atoms with Crippen molar-refractivity contribution in [2.45, 2.75) is 18.1 Å². The van der Waals surface area contributed by atoms with Crippen LogP contribution < -0.4 is 10.0 Å². The van der Waals surface area contributed by atoms with Gasteiger partial charge in [-0.25, -0.2) is 17.9 Å². The van der Waals surface area contributed by atoms with Gasteiger partial charge in [0.05, 0.1) is 5.25 Å². The van der Waals surface area contributed by atoms with E-state index in [0.29, 0.717) is 26.1 Å². The zero-order chi connectivity index (χ0) is 14.9. The van der Waals surface area contributed by atoms with Crippen molar-refractivity contribution in [2.75, 3.05) is 25.0 Å². The van der Waals surface area contributed by atoms with E-state index >= 15 is 0 Å². The first-order valence-corrected chi connectivity index (χ1v) is 8.70. The molecule has 2 aliphatic heterocycles. The summed E-state index contributed by atoms with van der Waals surface area (Å²) < 4.78 is 26.4. The van der Waals surface area contributed by atoms with E-state index in [1.807, 2.05) is 30.3 Å². The Morgan fingerprint density at radius 3 is 2.67 bits per heavy atom. The number of benzene rings is 1. The molecule has 6 nitrogen and oxygen atoms in total. The Hall–Kier alpha value is -1.60. The van der Waals surface area contributed by atoms with E-state index in [1.165, 1.54) is 0 Å². The van der Waals surface area contributed by atoms with E-state index in [2.05, 4.69) is 10.0 Å². The van der Waals surface area contributed by atoms with Crippen molar-refractivity contribution in [3.05, 3.63) is 30.3 Å². The van der Waals surface area contributed by atoms with Gasteiger partial charge in [0.2, 0.25) is 10.0 Å². The first-order chi connectivity index (χ1) is 10.1. The van der Waals surface area contributed by atoms with Crippen molar-refractivity contribution < 1.29 is 13.2 Å². The van der Waals surface area contributed by atoms with Crippen molar-refractivity contribution in [3.8, 4) is 0 Å². The molecule has 2 aliphatic rings. The van der Waals surface area contributed by atoms with Crippen molar-refractivity contribution in [1.82, 2.24) is 9.62 Å². The standard InChI is InChI=1S/C14H19N3O3S/c18-14(16-12-4-2-1-3-5-12)17-8-6-11-10-15-21(19,20)13(11)7-9-17/h1-5,11,13,15H,6-10H2,(H,16,18)/t11-,13-/m1/s1. The first-order valence-electron chi connectivity index (χ1n) is 7.16. The highest BCUT2D eigenvalue weighted by Crippen LogP contribution is 2.28. The fourth-order valence-electron chi connectivity index (χ4n) is 3.04. The van der Waals surface area contributed by atoms with Gasteiger partial charge in [0, 0.05) is 25.3 Å². The average Bonchev–Trinajstić information content (AvgIpc) is 2.65. The number of nitrogens with zero attached hydrogens (tertiary/aromatic N) is 1. The normalized spacial score (nSPS) is 27.7. The summed E-state index contributed by atoms with van der Waals surface area (Å²) in [5, 5.41) is 2.49. The highest BCUT2D eigenvalue weighted by molar-refractivity contribution is 7.90. The zero-order valence-electron chi connectivity index (χ0n) is 11.7. The van der Waals surface area contributed by atoms with Gasteiger partial charge in [-0.15, -0.1) is 0 Å². The van der Waals surface area contributed by atoms with Crippen molar-refractivity contribution in [1.29, 1.82) is 0 Å². The van der Waals surface area contributed by atoms with Crippen LogP contribution in [0.4, 0.5) is 10.5 Å². The number of para-hydroxylation sites is 1. The second-order valence-corrected chi connectivity index (χ2v) is 7.54. The topological polar surface area (TPSA) is 78.5 Å². The number of amides is 2. The molecule has 21 heavy (non-hydrogen) atoms. The molecular formula is C14H19N3O3S. The Kier molecular flexibility index (Phi) is 3.86. The third-order valence-electron chi connectivity index (χ3n) is 4.24. The molecule has 7 heteroatoms. The molecule has 2 heterocycles. The number of rotatable bonds is 1. The minimum Gasteiger partial charge on any atom is -0.324 e. The van der Waals surface area contributed by atoms with Gasteiger partial charge in [-0.2, -0.15) is 0 Å². The summed E-state index contributed by atoms with van der Waals surface area (Å²) in [5.74, 6) is 0.115. The highest BCUT2D eigenvalue weighted by Gasteiger charge is 2.41. The Balaban J connectivity index is 1.64. The van der Waals surface area contributed by atoms with Gasteiger partial charge in [0.15, 0.2) is 0 Å². The molecule has 0 aliphatic carbocycles. The number of carbonyl (C=O) groups excluding carboxylic acids is 1. The molecule has 0 saturated carbocycles. The second-order valence-electron chi connectivity index (χ2n) is 5.55. The van der Waals surface area contributed by atoms with E-state index in [1.54, 1.807) is 4.90 Å². The van der Waals surface area contributed by atoms with Gasteiger partial charge in [0.25, 0.3) is 0 Å². The number of hydrogen-bond acceptors (Lipinski definition) is 3. The molecule has 1 aromatic rings. The van der Waals surface area contributed by atoms with Crippen LogP contribution in [0, 0.1) is 5.92 Å². The van der Waals surface area contributed by atoms with Crippen LogP contribution in [-0.2, 0) is 10.0 Å². The SMILES string of the molecule is O=C(Nc1ccccc1)N1CC[C@@H]2CNS(=O)(=O)[C@@H]2CC1. The summed E-state index contributed by atoms with van der Waals surface area (Å²) in [4.78, 5) is 14.0. The van der Waals surface area contributed by atoms with Gasteiger partial charge < -0.3 is 10.2 Å². The number of carbonyl (C=O) groups is 1. The lowest BCUT2D eigenvalue weighted by atomic mass is 10.0. The lowest BCUT2D eigenvalue weighted by Gasteiger charge is -2.21. The molecule has 0 unspecified atom stereocenters. The van der Waals surface area contributed by atoms with Crippen molar-refractivity contribution >= 4 is 21.7 Å². The Morgan fingerprint density at radius 2 is 1.90 bits per heavy atom. The number of anilines is 1. The summed E-state index contributed by atoms with van der Waals surface area (Å²) in [6.45, 7) is 1.57. The molecule has 2 atom stereocenters. The van der Waals surface area contributed by atoms with E-state index in [0.717, 1.165) is 12.1 Å². The van der Waals surface area contributed by atoms with Gasteiger partial charge in [0.1, 0.15) is 0 Å². The maximum atomic E-state index is 12.3. The number of nitrogens with one attached hydrogen (secondary N) is 2. The van der Waals surface area contributed by atoms with Crippen molar-refractivity contribution in [2.24, 2.45) is 5.92 Å². The largest absolute Gasteiger partial charge is 0.324 e. The van der Waals surface area contributed by atoms with Crippen LogP contribution in [0.3, 0.4) is 0 Å². The van der Waals surface area contributed by atoms with Crippen LogP contribution >= 0.6 is 0 Å². The molecule has 2 N–H and O–H groups in total. The molecule has 114 valence electrons. The van der Waals surface area contributed by atoms with E-state index in [9.17, 15) is 13.2 Å². The number of likely N-dealkylation sites (tertiary alicyclic amines) is 1. The highest BCUT2D eigenvalue weighted by atomic mass is 32.2. The number of urea groups is 1. The molecule has 0 aromatic heterocycles. The molecule has 0 radical (unpaired) electrons. The third kappa shape index (κ3) is 3.03. The van der Waals surface area contributed by atoms with Crippen LogP contribution in [0.15, 0.2) is 30.3 Å². The van der Waals surface area contributed by atoms with Crippen LogP contribution in [0.2, 0.25) is 0 Å². The van der Waals surface area contributed by atoms with Gasteiger partial charge in [-0.05, 0) is 30.9 Å². The van der Waals surface area contributed by atoms with E-state index in [-0.39, 0.29) is 17.2 Å². The zero-order valence-corrected chi connectivity index (χ0v) is 12.5. The number of fused-ring (bicyclic) bond motifs is 1. The molecule has 0 spiro atoms. The fourth-order valence-corrected chi connectivity index (χ4v) is 4.85. The summed E-state index contributed by atoms with van der Waals surface area (Å²) in [6.07, 6.45) is 1.22. The monoisotopic (exact) mass is 309 g/mol. The van der Waals surface area contributed by atoms with Gasteiger partial charge in [-0.1, -0.05) is 18.2 Å². The van der Waals surface area contributed by atoms with E-state index in [4.69, 9.17) is 0 Å². The minimum atomic E-state index is -3.19. The molecule has 3 rings (SSSR count). The minimum absolute atomic E-state index is 0.115. The quantitative estimate of drug-likeness (QED) is 0.819. The molecule has 2 amide bonds. The van der Waals surface area contributed by atoms with Crippen molar-refractivity contribution in [3.63, 3.8) is 0 Å². The lowest BCUT2D eigenvalue weighted by Crippen LogP contribution is -2.36. The number of sulfonamides is 1. The summed E-state index contributed by atoms with van der Waals surface area (Å²) in [6, 6.07) is 9.12. The lowest BCUT2D eigenvalue weighted by molar-refractivity contribution is 0.213. The number of hydrogen-bond donors (Lipinski definition) is 2. The average molecular weight is 309 g/mol. The maximum Gasteiger partial charge on any atom is 0.321 e. The van der Waals surface area contributed by atoms with Crippen LogP contribution in [0.25, 0.3) is 0 Å². The molecule has 2 fully saturated rings.